The molecule has 5 nitrogen and oxygen atoms in total. The predicted molar refractivity (Wildman–Crippen MR) is 118 cm³/mol. The molecule has 1 aliphatic heterocycles. The van der Waals surface area contributed by atoms with Gasteiger partial charge in [-0.3, -0.25) is 9.59 Å². The smallest absolute Gasteiger partial charge is 0.268 e. The van der Waals surface area contributed by atoms with E-state index in [1.165, 1.54) is 11.1 Å². The second-order valence-electron chi connectivity index (χ2n) is 8.41. The second kappa shape index (κ2) is 7.74. The number of carbonyl (C=O) groups is 2. The van der Waals surface area contributed by atoms with Crippen LogP contribution in [-0.4, -0.2) is 22.8 Å². The molecule has 1 aliphatic rings. The molecule has 1 saturated heterocycles. The van der Waals surface area contributed by atoms with E-state index < -0.39 is 6.04 Å². The van der Waals surface area contributed by atoms with E-state index in [4.69, 9.17) is 0 Å². The maximum absolute atomic E-state index is 12.5. The fraction of sp³-hybridized carbons (Fsp3) is 0.333. The van der Waals surface area contributed by atoms with Crippen LogP contribution in [0.15, 0.2) is 48.2 Å². The Hall–Kier alpha value is -3.08. The third kappa shape index (κ3) is 4.04. The van der Waals surface area contributed by atoms with Crippen molar-refractivity contribution in [1.29, 1.82) is 0 Å². The molecule has 0 unspecified atom stereocenters. The van der Waals surface area contributed by atoms with E-state index in [0.717, 1.165) is 28.6 Å². The Balaban J connectivity index is 2.23. The third-order valence-electron chi connectivity index (χ3n) is 5.38. The molecule has 0 spiro atoms. The fourth-order valence-corrected chi connectivity index (χ4v) is 3.43. The summed E-state index contributed by atoms with van der Waals surface area (Å²) < 4.78 is 0. The lowest BCUT2D eigenvalue weighted by Gasteiger charge is -2.23. The molecule has 1 aromatic heterocycles. The van der Waals surface area contributed by atoms with Crippen LogP contribution in [-0.2, 0) is 21.4 Å². The highest BCUT2D eigenvalue weighted by molar-refractivity contribution is 6.08. The van der Waals surface area contributed by atoms with Gasteiger partial charge in [0.25, 0.3) is 5.91 Å². The van der Waals surface area contributed by atoms with Gasteiger partial charge in [-0.2, -0.15) is 0 Å². The minimum atomic E-state index is -0.539. The largest absolute Gasteiger partial charge is 0.357 e. The number of benzene rings is 1. The lowest BCUT2D eigenvalue weighted by Crippen LogP contribution is -2.53. The summed E-state index contributed by atoms with van der Waals surface area (Å²) in [6, 6.07) is 5.63. The number of fused-ring (bicyclic) bond motifs is 1. The average molecular weight is 392 g/mol. The van der Waals surface area contributed by atoms with E-state index >= 15 is 0 Å². The molecular weight excluding hydrogens is 362 g/mol. The number of aromatic amines is 1. The van der Waals surface area contributed by atoms with E-state index in [9.17, 15) is 9.59 Å². The maximum atomic E-state index is 12.5. The van der Waals surface area contributed by atoms with Crippen molar-refractivity contribution in [1.82, 2.24) is 15.6 Å². The number of H-pyrrole nitrogens is 1. The normalized spacial score (nSPS) is 18.5. The van der Waals surface area contributed by atoms with Gasteiger partial charge >= 0.3 is 0 Å². The summed E-state index contributed by atoms with van der Waals surface area (Å²) in [6.45, 7) is 14.0. The van der Waals surface area contributed by atoms with Gasteiger partial charge in [0.2, 0.25) is 5.91 Å². The lowest BCUT2D eigenvalue weighted by molar-refractivity contribution is -0.130. The SMILES string of the molecule is C=CC(C)(C)c1[nH]c2c(CC=C(C)C)cccc2c1/C=C1/NC(=O)[C@H](C)NC1=O. The van der Waals surface area contributed by atoms with Crippen molar-refractivity contribution in [3.63, 3.8) is 0 Å². The minimum Gasteiger partial charge on any atom is -0.357 e. The number of hydrogen-bond donors (Lipinski definition) is 3. The van der Waals surface area contributed by atoms with Crippen LogP contribution in [0, 0.1) is 0 Å². The van der Waals surface area contributed by atoms with Crippen LogP contribution in [0.25, 0.3) is 17.0 Å². The molecule has 1 aromatic carbocycles. The first-order valence-electron chi connectivity index (χ1n) is 9.88. The molecule has 1 fully saturated rings. The van der Waals surface area contributed by atoms with Gasteiger partial charge in [0.15, 0.2) is 0 Å². The highest BCUT2D eigenvalue weighted by Crippen LogP contribution is 2.35. The van der Waals surface area contributed by atoms with Gasteiger partial charge in [0, 0.05) is 27.6 Å². The number of aromatic nitrogens is 1. The van der Waals surface area contributed by atoms with Crippen LogP contribution in [0.4, 0.5) is 0 Å². The number of carbonyl (C=O) groups excluding carboxylic acids is 2. The van der Waals surface area contributed by atoms with Gasteiger partial charge in [0.1, 0.15) is 11.7 Å². The summed E-state index contributed by atoms with van der Waals surface area (Å²) in [7, 11) is 0. The van der Waals surface area contributed by atoms with Crippen molar-refractivity contribution in [2.24, 2.45) is 0 Å². The molecule has 0 saturated carbocycles. The molecule has 3 rings (SSSR count). The molecule has 3 N–H and O–H groups in total. The lowest BCUT2D eigenvalue weighted by atomic mass is 9.86. The Morgan fingerprint density at radius 3 is 2.62 bits per heavy atom. The van der Waals surface area contributed by atoms with Crippen molar-refractivity contribution < 1.29 is 9.59 Å². The molecule has 0 bridgehead atoms. The first-order chi connectivity index (χ1) is 13.6. The van der Waals surface area contributed by atoms with Gasteiger partial charge < -0.3 is 15.6 Å². The van der Waals surface area contributed by atoms with E-state index in [1.807, 2.05) is 18.2 Å². The quantitative estimate of drug-likeness (QED) is 0.530. The summed E-state index contributed by atoms with van der Waals surface area (Å²) >= 11 is 0. The van der Waals surface area contributed by atoms with Crippen LogP contribution in [0.3, 0.4) is 0 Å². The zero-order valence-corrected chi connectivity index (χ0v) is 17.8. The zero-order chi connectivity index (χ0) is 21.3. The van der Waals surface area contributed by atoms with Crippen molar-refractivity contribution in [3.8, 4) is 0 Å². The number of amides is 2. The Kier molecular flexibility index (Phi) is 5.51. The molecular formula is C24H29N3O2. The number of piperazine rings is 1. The molecule has 0 radical (unpaired) electrons. The summed E-state index contributed by atoms with van der Waals surface area (Å²) in [5.41, 5.74) is 5.24. The molecule has 0 aliphatic carbocycles. The standard InChI is InChI=1S/C24H29N3O2/c1-7-24(5,6)21-18(13-19-23(29)25-15(4)22(28)26-19)17-10-8-9-16(20(17)27-21)12-11-14(2)3/h7-11,13,15,27H,1,12H2,2-6H3,(H,25,29)(H,26,28)/b19-13+/t15-/m0/s1. The molecule has 2 amide bonds. The minimum absolute atomic E-state index is 0.218. The summed E-state index contributed by atoms with van der Waals surface area (Å²) in [5.74, 6) is -0.501. The molecule has 152 valence electrons. The van der Waals surface area contributed by atoms with Gasteiger partial charge in [0.05, 0.1) is 0 Å². The highest BCUT2D eigenvalue weighted by atomic mass is 16.2. The van der Waals surface area contributed by atoms with Gasteiger partial charge in [-0.15, -0.1) is 6.58 Å². The topological polar surface area (TPSA) is 74.0 Å². The number of rotatable bonds is 5. The van der Waals surface area contributed by atoms with Gasteiger partial charge in [-0.25, -0.2) is 0 Å². The van der Waals surface area contributed by atoms with Gasteiger partial charge in [-0.05, 0) is 38.8 Å². The van der Waals surface area contributed by atoms with Crippen LogP contribution in [0.5, 0.6) is 0 Å². The Labute approximate surface area is 172 Å². The number of hydrogen-bond acceptors (Lipinski definition) is 2. The summed E-state index contributed by atoms with van der Waals surface area (Å²) in [5, 5.41) is 6.45. The Morgan fingerprint density at radius 1 is 1.24 bits per heavy atom. The maximum Gasteiger partial charge on any atom is 0.268 e. The monoisotopic (exact) mass is 391 g/mol. The molecule has 5 heteroatoms. The van der Waals surface area contributed by atoms with Crippen LogP contribution >= 0.6 is 0 Å². The first kappa shape index (κ1) is 20.6. The van der Waals surface area contributed by atoms with Crippen LogP contribution in [0.1, 0.15) is 51.4 Å². The van der Waals surface area contributed by atoms with Crippen molar-refractivity contribution in [3.05, 3.63) is 65.0 Å². The van der Waals surface area contributed by atoms with Crippen molar-refractivity contribution in [2.75, 3.05) is 0 Å². The average Bonchev–Trinajstić information content (AvgIpc) is 3.04. The third-order valence-corrected chi connectivity index (χ3v) is 5.38. The zero-order valence-electron chi connectivity index (χ0n) is 17.8. The van der Waals surface area contributed by atoms with Crippen LogP contribution in [0.2, 0.25) is 0 Å². The predicted octanol–water partition coefficient (Wildman–Crippen LogP) is 4.12. The molecule has 2 aromatic rings. The second-order valence-corrected chi connectivity index (χ2v) is 8.41. The van der Waals surface area contributed by atoms with E-state index in [-0.39, 0.29) is 22.9 Å². The van der Waals surface area contributed by atoms with Crippen LogP contribution < -0.4 is 10.6 Å². The van der Waals surface area contributed by atoms with E-state index in [0.29, 0.717) is 0 Å². The highest BCUT2D eigenvalue weighted by Gasteiger charge is 2.29. The van der Waals surface area contributed by atoms with E-state index in [1.54, 1.807) is 13.0 Å². The number of allylic oxidation sites excluding steroid dienone is 3. The fourth-order valence-electron chi connectivity index (χ4n) is 3.43. The van der Waals surface area contributed by atoms with Crippen molar-refractivity contribution in [2.45, 2.75) is 52.5 Å². The molecule has 29 heavy (non-hydrogen) atoms. The first-order valence-corrected chi connectivity index (χ1v) is 9.88. The summed E-state index contributed by atoms with van der Waals surface area (Å²) in [4.78, 5) is 28.1. The van der Waals surface area contributed by atoms with Gasteiger partial charge in [-0.1, -0.05) is 49.8 Å². The Bertz CT molecular complexity index is 1050. The number of para-hydroxylation sites is 1. The van der Waals surface area contributed by atoms with Crippen molar-refractivity contribution >= 4 is 28.8 Å². The number of nitrogens with one attached hydrogen (secondary N) is 3. The van der Waals surface area contributed by atoms with E-state index in [2.05, 4.69) is 62.0 Å². The Morgan fingerprint density at radius 2 is 1.97 bits per heavy atom. The molecule has 1 atom stereocenters. The molecule has 2 heterocycles. The summed E-state index contributed by atoms with van der Waals surface area (Å²) in [6.07, 6.45) is 6.67.